The van der Waals surface area contributed by atoms with E-state index in [0.29, 0.717) is 5.39 Å². The first kappa shape index (κ1) is 26.9. The lowest BCUT2D eigenvalue weighted by atomic mass is 9.83. The first-order valence-electron chi connectivity index (χ1n) is 12.1. The molecule has 1 saturated carbocycles. The third-order valence-corrected chi connectivity index (χ3v) is 6.81. The summed E-state index contributed by atoms with van der Waals surface area (Å²) in [7, 11) is 1.39. The second kappa shape index (κ2) is 11.9. The van der Waals surface area contributed by atoms with Gasteiger partial charge in [0.05, 0.1) is 17.8 Å². The van der Waals surface area contributed by atoms with Crippen LogP contribution in [0.2, 0.25) is 5.02 Å². The van der Waals surface area contributed by atoms with Gasteiger partial charge in [-0.15, -0.1) is 0 Å². The maximum Gasteiger partial charge on any atom is 0.404 e. The summed E-state index contributed by atoms with van der Waals surface area (Å²) in [5.74, 6) is -1.03. The number of anilines is 1. The Labute approximate surface area is 222 Å². The number of nitrogens with one attached hydrogen (secondary N) is 4. The smallest absolute Gasteiger partial charge is 0.404 e. The van der Waals surface area contributed by atoms with E-state index in [9.17, 15) is 19.2 Å². The van der Waals surface area contributed by atoms with Crippen LogP contribution in [0.4, 0.5) is 10.5 Å². The van der Waals surface area contributed by atoms with Crippen molar-refractivity contribution in [1.82, 2.24) is 25.6 Å². The lowest BCUT2D eigenvalue weighted by molar-refractivity contribution is 0.0909. The standard InChI is InChI=1S/C25H27ClN6O6/c1-38-24-27-11-15-9-16(23(35)31-20(15)32-24)22(34)29-18-10-14(7-8-17(18)26)21(33)30-19(12-28-25(36)37)13-5-3-2-4-6-13/h7-11,13,19,28H,2-6,12H2,1H3,(H,29,34)(H,30,33)(H,36,37)(H,27,31,32,35). The normalized spacial score (nSPS) is 14.5. The number of nitrogens with zero attached hydrogens (tertiary/aromatic N) is 2. The van der Waals surface area contributed by atoms with E-state index in [2.05, 4.69) is 30.9 Å². The van der Waals surface area contributed by atoms with E-state index in [1.54, 1.807) is 0 Å². The number of fused-ring (bicyclic) bond motifs is 1. The molecule has 3 amide bonds. The lowest BCUT2D eigenvalue weighted by Crippen LogP contribution is -2.48. The first-order valence-corrected chi connectivity index (χ1v) is 12.5. The van der Waals surface area contributed by atoms with Gasteiger partial charge < -0.3 is 30.8 Å². The Morgan fingerprint density at radius 3 is 2.66 bits per heavy atom. The molecule has 0 bridgehead atoms. The van der Waals surface area contributed by atoms with Gasteiger partial charge in [0.2, 0.25) is 0 Å². The van der Waals surface area contributed by atoms with Crippen molar-refractivity contribution in [2.45, 2.75) is 38.1 Å². The van der Waals surface area contributed by atoms with Gasteiger partial charge in [0.1, 0.15) is 11.2 Å². The Morgan fingerprint density at radius 1 is 1.18 bits per heavy atom. The van der Waals surface area contributed by atoms with Crippen molar-refractivity contribution in [3.8, 4) is 6.01 Å². The fourth-order valence-corrected chi connectivity index (χ4v) is 4.68. The molecule has 1 aliphatic rings. The number of amides is 3. The molecule has 200 valence electrons. The zero-order valence-corrected chi connectivity index (χ0v) is 21.3. The second-order valence-electron chi connectivity index (χ2n) is 8.99. The Hall–Kier alpha value is -4.19. The molecule has 38 heavy (non-hydrogen) atoms. The molecule has 0 radical (unpaired) electrons. The number of ether oxygens (including phenoxy) is 1. The SMILES string of the molecule is COc1ncc2cc(C(=O)Nc3cc(C(=O)NC(CNC(=O)O)C4CCCCC4)ccc3Cl)c(=O)[nH]c2n1. The second-order valence-corrected chi connectivity index (χ2v) is 9.39. The predicted molar refractivity (Wildman–Crippen MR) is 140 cm³/mol. The van der Waals surface area contributed by atoms with Crippen LogP contribution in [-0.4, -0.2) is 57.7 Å². The molecule has 1 unspecified atom stereocenters. The number of hydrogen-bond donors (Lipinski definition) is 5. The van der Waals surface area contributed by atoms with Crippen molar-refractivity contribution in [3.63, 3.8) is 0 Å². The minimum Gasteiger partial charge on any atom is -0.467 e. The van der Waals surface area contributed by atoms with Crippen LogP contribution in [0, 0.1) is 5.92 Å². The summed E-state index contributed by atoms with van der Waals surface area (Å²) in [4.78, 5) is 60.2. The molecular weight excluding hydrogens is 516 g/mol. The number of carbonyl (C=O) groups excluding carboxylic acids is 2. The van der Waals surface area contributed by atoms with Crippen molar-refractivity contribution in [2.75, 3.05) is 19.0 Å². The quantitative estimate of drug-likeness (QED) is 0.288. The van der Waals surface area contributed by atoms with Crippen molar-refractivity contribution < 1.29 is 24.2 Å². The summed E-state index contributed by atoms with van der Waals surface area (Å²) in [6.07, 6.45) is 5.20. The Morgan fingerprint density at radius 2 is 1.95 bits per heavy atom. The van der Waals surface area contributed by atoms with E-state index in [1.165, 1.54) is 37.6 Å². The van der Waals surface area contributed by atoms with E-state index < -0.39 is 23.5 Å². The van der Waals surface area contributed by atoms with Gasteiger partial charge in [-0.25, -0.2) is 9.78 Å². The van der Waals surface area contributed by atoms with E-state index in [-0.39, 0.29) is 52.0 Å². The molecule has 1 aromatic carbocycles. The van der Waals surface area contributed by atoms with Crippen LogP contribution >= 0.6 is 11.6 Å². The fraction of sp³-hybridized carbons (Fsp3) is 0.360. The van der Waals surface area contributed by atoms with E-state index in [0.717, 1.165) is 32.1 Å². The topological polar surface area (TPSA) is 175 Å². The molecule has 13 heteroatoms. The summed E-state index contributed by atoms with van der Waals surface area (Å²) in [5, 5.41) is 17.5. The molecule has 2 aromatic heterocycles. The average molecular weight is 543 g/mol. The van der Waals surface area contributed by atoms with Crippen LogP contribution in [-0.2, 0) is 0 Å². The van der Waals surface area contributed by atoms with Gasteiger partial charge in [-0.05, 0) is 43.0 Å². The van der Waals surface area contributed by atoms with Gasteiger partial charge in [0.15, 0.2) is 0 Å². The molecule has 0 aliphatic heterocycles. The zero-order valence-electron chi connectivity index (χ0n) is 20.5. The number of carboxylic acid groups (broad SMARTS) is 1. The number of aromatic nitrogens is 3. The maximum absolute atomic E-state index is 13.1. The van der Waals surface area contributed by atoms with Crippen molar-refractivity contribution in [1.29, 1.82) is 0 Å². The molecule has 1 fully saturated rings. The minimum absolute atomic E-state index is 0.0664. The molecule has 1 atom stereocenters. The third-order valence-electron chi connectivity index (χ3n) is 6.48. The average Bonchev–Trinajstić information content (AvgIpc) is 2.91. The van der Waals surface area contributed by atoms with Gasteiger partial charge in [0.25, 0.3) is 17.4 Å². The highest BCUT2D eigenvalue weighted by Crippen LogP contribution is 2.27. The molecule has 2 heterocycles. The summed E-state index contributed by atoms with van der Waals surface area (Å²) < 4.78 is 4.94. The highest BCUT2D eigenvalue weighted by atomic mass is 35.5. The van der Waals surface area contributed by atoms with Crippen LogP contribution in [0.15, 0.2) is 35.3 Å². The number of H-pyrrole nitrogens is 1. The zero-order chi connectivity index (χ0) is 27.2. The summed E-state index contributed by atoms with van der Waals surface area (Å²) in [6.45, 7) is 0.0866. The molecule has 3 aromatic rings. The number of pyridine rings is 1. The molecule has 0 spiro atoms. The summed E-state index contributed by atoms with van der Waals surface area (Å²) >= 11 is 6.27. The number of carbonyl (C=O) groups is 3. The van der Waals surface area contributed by atoms with Gasteiger partial charge in [-0.3, -0.25) is 14.4 Å². The van der Waals surface area contributed by atoms with Crippen LogP contribution in [0.5, 0.6) is 6.01 Å². The fourth-order valence-electron chi connectivity index (χ4n) is 4.52. The highest BCUT2D eigenvalue weighted by molar-refractivity contribution is 6.34. The number of methoxy groups -OCH3 is 1. The van der Waals surface area contributed by atoms with E-state index in [1.807, 2.05) is 0 Å². The number of aromatic amines is 1. The Bertz CT molecular complexity index is 1420. The molecular formula is C25H27ClN6O6. The van der Waals surface area contributed by atoms with Gasteiger partial charge in [0, 0.05) is 29.7 Å². The number of rotatable bonds is 8. The first-order chi connectivity index (χ1) is 18.2. The lowest BCUT2D eigenvalue weighted by Gasteiger charge is -2.31. The molecule has 5 N–H and O–H groups in total. The van der Waals surface area contributed by atoms with Crippen molar-refractivity contribution in [3.05, 3.63) is 57.0 Å². The molecule has 1 aliphatic carbocycles. The van der Waals surface area contributed by atoms with Crippen LogP contribution in [0.25, 0.3) is 11.0 Å². The van der Waals surface area contributed by atoms with Crippen LogP contribution in [0.3, 0.4) is 0 Å². The van der Waals surface area contributed by atoms with Gasteiger partial charge >= 0.3 is 12.1 Å². The predicted octanol–water partition coefficient (Wildman–Crippen LogP) is 3.18. The summed E-state index contributed by atoms with van der Waals surface area (Å²) in [5.41, 5.74) is -0.322. The van der Waals surface area contributed by atoms with Crippen LogP contribution in [0.1, 0.15) is 52.8 Å². The Balaban J connectivity index is 1.52. The van der Waals surface area contributed by atoms with E-state index in [4.69, 9.17) is 21.4 Å². The number of hydrogen-bond acceptors (Lipinski definition) is 7. The van der Waals surface area contributed by atoms with Gasteiger partial charge in [-0.1, -0.05) is 30.9 Å². The molecule has 12 nitrogen and oxygen atoms in total. The third kappa shape index (κ3) is 6.38. The molecule has 4 rings (SSSR count). The number of benzene rings is 1. The number of halogens is 1. The Kier molecular flexibility index (Phi) is 8.41. The van der Waals surface area contributed by atoms with Crippen molar-refractivity contribution >= 4 is 46.2 Å². The maximum atomic E-state index is 13.1. The monoisotopic (exact) mass is 542 g/mol. The minimum atomic E-state index is -1.16. The van der Waals surface area contributed by atoms with Gasteiger partial charge in [-0.2, -0.15) is 4.98 Å². The highest BCUT2D eigenvalue weighted by Gasteiger charge is 2.26. The largest absolute Gasteiger partial charge is 0.467 e. The van der Waals surface area contributed by atoms with E-state index >= 15 is 0 Å². The summed E-state index contributed by atoms with van der Waals surface area (Å²) in [6, 6.07) is 5.39. The van der Waals surface area contributed by atoms with Crippen molar-refractivity contribution in [2.24, 2.45) is 5.92 Å². The molecule has 0 saturated heterocycles. The van der Waals surface area contributed by atoms with Crippen LogP contribution < -0.4 is 26.2 Å².